The third-order valence-corrected chi connectivity index (χ3v) is 3.91. The summed E-state index contributed by atoms with van der Waals surface area (Å²) >= 11 is 6.18. The fourth-order valence-corrected chi connectivity index (χ4v) is 2.65. The Morgan fingerprint density at radius 1 is 1.23 bits per heavy atom. The lowest BCUT2D eigenvalue weighted by atomic mass is 10.2. The van der Waals surface area contributed by atoms with Gasteiger partial charge in [0.1, 0.15) is 16.6 Å². The van der Waals surface area contributed by atoms with Gasteiger partial charge in [0.2, 0.25) is 0 Å². The zero-order chi connectivity index (χ0) is 18.5. The number of nitrogens with one attached hydrogen (secondary N) is 1. The lowest BCUT2D eigenvalue weighted by molar-refractivity contribution is 0.102. The lowest BCUT2D eigenvalue weighted by Crippen LogP contribution is -2.14. The van der Waals surface area contributed by atoms with Crippen molar-refractivity contribution in [1.82, 2.24) is 9.78 Å². The number of aromatic nitrogens is 2. The monoisotopic (exact) mass is 373 g/mol. The Morgan fingerprint density at radius 2 is 1.96 bits per heavy atom. The third-order valence-electron chi connectivity index (χ3n) is 3.64. The maximum atomic E-state index is 13.0. The van der Waals surface area contributed by atoms with Crippen LogP contribution < -0.4 is 10.1 Å². The van der Waals surface area contributed by atoms with E-state index in [1.165, 1.54) is 12.1 Å². The number of hydrogen-bond acceptors (Lipinski definition) is 3. The molecule has 26 heavy (non-hydrogen) atoms. The molecule has 0 aliphatic carbocycles. The van der Waals surface area contributed by atoms with Gasteiger partial charge in [-0.2, -0.15) is 5.10 Å². The Labute approximate surface area is 155 Å². The fourth-order valence-electron chi connectivity index (χ4n) is 2.45. The first-order valence-corrected chi connectivity index (χ1v) is 8.45. The fraction of sp³-hybridized carbons (Fsp3) is 0.158. The highest BCUT2D eigenvalue weighted by Crippen LogP contribution is 2.23. The minimum absolute atomic E-state index is 0.255. The van der Waals surface area contributed by atoms with Gasteiger partial charge in [0.15, 0.2) is 5.82 Å². The van der Waals surface area contributed by atoms with Crippen molar-refractivity contribution in [2.75, 3.05) is 11.9 Å². The van der Waals surface area contributed by atoms with E-state index in [4.69, 9.17) is 16.3 Å². The number of nitrogens with zero attached hydrogens (tertiary/aromatic N) is 2. The summed E-state index contributed by atoms with van der Waals surface area (Å²) in [6, 6.07) is 13.1. The maximum absolute atomic E-state index is 13.0. The number of carbonyl (C=O) groups excluding carboxylic acids is 1. The second-order valence-electron chi connectivity index (χ2n) is 5.53. The molecule has 0 bridgehead atoms. The third kappa shape index (κ3) is 4.21. The molecule has 5 nitrogen and oxygen atoms in total. The van der Waals surface area contributed by atoms with Crippen LogP contribution in [0.1, 0.15) is 22.8 Å². The molecule has 134 valence electrons. The smallest absolute Gasteiger partial charge is 0.260 e. The van der Waals surface area contributed by atoms with Gasteiger partial charge in [0, 0.05) is 6.20 Å². The van der Waals surface area contributed by atoms with E-state index in [1.807, 2.05) is 6.92 Å². The van der Waals surface area contributed by atoms with E-state index < -0.39 is 0 Å². The van der Waals surface area contributed by atoms with E-state index in [0.717, 1.165) is 5.56 Å². The summed E-state index contributed by atoms with van der Waals surface area (Å²) in [6.07, 6.45) is 1.61. The molecule has 2 aromatic carbocycles. The molecule has 0 atom stereocenters. The van der Waals surface area contributed by atoms with Crippen LogP contribution in [0, 0.1) is 5.82 Å². The van der Waals surface area contributed by atoms with Crippen molar-refractivity contribution in [2.24, 2.45) is 0 Å². The van der Waals surface area contributed by atoms with Crippen LogP contribution in [0.3, 0.4) is 0 Å². The van der Waals surface area contributed by atoms with Gasteiger partial charge in [-0.05, 0) is 36.8 Å². The first-order valence-electron chi connectivity index (χ1n) is 8.07. The molecule has 0 spiro atoms. The van der Waals surface area contributed by atoms with Crippen LogP contribution in [0.5, 0.6) is 5.75 Å². The van der Waals surface area contributed by atoms with Gasteiger partial charge >= 0.3 is 0 Å². The SMILES string of the molecule is CCOc1ccccc1C(=O)Nc1nn(Cc2ccc(F)cc2)cc1Cl. The molecule has 3 rings (SSSR count). The largest absolute Gasteiger partial charge is 0.493 e. The average molecular weight is 374 g/mol. The summed E-state index contributed by atoms with van der Waals surface area (Å²) in [5.41, 5.74) is 1.27. The number of para-hydroxylation sites is 1. The number of ether oxygens (including phenoxy) is 1. The van der Waals surface area contributed by atoms with Crippen molar-refractivity contribution in [1.29, 1.82) is 0 Å². The van der Waals surface area contributed by atoms with Crippen molar-refractivity contribution in [3.05, 3.63) is 76.7 Å². The first-order chi connectivity index (χ1) is 12.6. The summed E-state index contributed by atoms with van der Waals surface area (Å²) < 4.78 is 20.0. The quantitative estimate of drug-likeness (QED) is 0.697. The normalized spacial score (nSPS) is 10.6. The van der Waals surface area contributed by atoms with E-state index in [1.54, 1.807) is 47.3 Å². The van der Waals surface area contributed by atoms with Crippen LogP contribution in [0.2, 0.25) is 5.02 Å². The molecule has 1 aromatic heterocycles. The molecule has 3 aromatic rings. The molecule has 7 heteroatoms. The number of hydrogen-bond donors (Lipinski definition) is 1. The van der Waals surface area contributed by atoms with E-state index >= 15 is 0 Å². The van der Waals surface area contributed by atoms with Gasteiger partial charge < -0.3 is 10.1 Å². The van der Waals surface area contributed by atoms with Gasteiger partial charge in [-0.3, -0.25) is 9.48 Å². The van der Waals surface area contributed by atoms with Crippen LogP contribution in [0.4, 0.5) is 10.2 Å². The van der Waals surface area contributed by atoms with Gasteiger partial charge in [0.05, 0.1) is 18.7 Å². The topological polar surface area (TPSA) is 56.1 Å². The number of anilines is 1. The molecule has 0 aliphatic heterocycles. The molecule has 1 heterocycles. The van der Waals surface area contributed by atoms with Crippen LogP contribution in [-0.2, 0) is 6.54 Å². The Balaban J connectivity index is 1.75. The molecule has 0 saturated carbocycles. The van der Waals surface area contributed by atoms with E-state index in [2.05, 4.69) is 10.4 Å². The van der Waals surface area contributed by atoms with Crippen LogP contribution in [-0.4, -0.2) is 22.3 Å². The Bertz CT molecular complexity index is 909. The van der Waals surface area contributed by atoms with Crippen molar-refractivity contribution in [2.45, 2.75) is 13.5 Å². The second kappa shape index (κ2) is 8.01. The van der Waals surface area contributed by atoms with Gasteiger partial charge in [-0.15, -0.1) is 0 Å². The molecular formula is C19H17ClFN3O2. The maximum Gasteiger partial charge on any atom is 0.260 e. The summed E-state index contributed by atoms with van der Waals surface area (Å²) in [4.78, 5) is 12.5. The number of amides is 1. The highest BCUT2D eigenvalue weighted by Gasteiger charge is 2.16. The summed E-state index contributed by atoms with van der Waals surface area (Å²) in [6.45, 7) is 2.71. The predicted octanol–water partition coefficient (Wildman–Crippen LogP) is 4.37. The molecule has 0 aliphatic rings. The lowest BCUT2D eigenvalue weighted by Gasteiger charge is -2.09. The molecule has 0 radical (unpaired) electrons. The number of halogens is 2. The average Bonchev–Trinajstić information content (AvgIpc) is 2.97. The predicted molar refractivity (Wildman–Crippen MR) is 98.3 cm³/mol. The minimum Gasteiger partial charge on any atom is -0.493 e. The molecule has 0 saturated heterocycles. The highest BCUT2D eigenvalue weighted by molar-refractivity contribution is 6.33. The van der Waals surface area contributed by atoms with Crippen LogP contribution >= 0.6 is 11.6 Å². The number of carbonyl (C=O) groups is 1. The Morgan fingerprint density at radius 3 is 2.69 bits per heavy atom. The van der Waals surface area contributed by atoms with E-state index in [-0.39, 0.29) is 17.5 Å². The van der Waals surface area contributed by atoms with Crippen molar-refractivity contribution in [3.63, 3.8) is 0 Å². The Hall–Kier alpha value is -2.86. The molecular weight excluding hydrogens is 357 g/mol. The highest BCUT2D eigenvalue weighted by atomic mass is 35.5. The van der Waals surface area contributed by atoms with E-state index in [0.29, 0.717) is 29.5 Å². The zero-order valence-corrected chi connectivity index (χ0v) is 14.8. The molecule has 1 N–H and O–H groups in total. The number of rotatable bonds is 6. The van der Waals surface area contributed by atoms with Gasteiger partial charge in [-0.1, -0.05) is 35.9 Å². The van der Waals surface area contributed by atoms with Gasteiger partial charge in [-0.25, -0.2) is 4.39 Å². The molecule has 0 unspecified atom stereocenters. The standard InChI is InChI=1S/C19H17ClFN3O2/c1-2-26-17-6-4-3-5-15(17)19(25)22-18-16(20)12-24(23-18)11-13-7-9-14(21)10-8-13/h3-10,12H,2,11H2,1H3,(H,22,23,25). The van der Waals surface area contributed by atoms with Crippen LogP contribution in [0.15, 0.2) is 54.7 Å². The van der Waals surface area contributed by atoms with Gasteiger partial charge in [0.25, 0.3) is 5.91 Å². The van der Waals surface area contributed by atoms with Crippen LogP contribution in [0.25, 0.3) is 0 Å². The number of benzene rings is 2. The van der Waals surface area contributed by atoms with Crippen molar-refractivity contribution >= 4 is 23.3 Å². The molecule has 0 fully saturated rings. The first kappa shape index (κ1) is 17.9. The zero-order valence-electron chi connectivity index (χ0n) is 14.1. The summed E-state index contributed by atoms with van der Waals surface area (Å²) in [5, 5.41) is 7.30. The van der Waals surface area contributed by atoms with Crippen molar-refractivity contribution in [3.8, 4) is 5.75 Å². The van der Waals surface area contributed by atoms with E-state index in [9.17, 15) is 9.18 Å². The summed E-state index contributed by atoms with van der Waals surface area (Å²) in [5.74, 6) is 0.0931. The minimum atomic E-state index is -0.358. The Kier molecular flexibility index (Phi) is 5.53. The second-order valence-corrected chi connectivity index (χ2v) is 5.94. The summed E-state index contributed by atoms with van der Waals surface area (Å²) in [7, 11) is 0. The van der Waals surface area contributed by atoms with Crippen molar-refractivity contribution < 1.29 is 13.9 Å². The molecule has 1 amide bonds.